The van der Waals surface area contributed by atoms with E-state index in [9.17, 15) is 4.79 Å². The number of amides is 1. The fourth-order valence-electron chi connectivity index (χ4n) is 1.75. The van der Waals surface area contributed by atoms with E-state index in [1.807, 2.05) is 29.0 Å². The van der Waals surface area contributed by atoms with Crippen molar-refractivity contribution in [3.63, 3.8) is 0 Å². The summed E-state index contributed by atoms with van der Waals surface area (Å²) in [6.45, 7) is 0.458. The van der Waals surface area contributed by atoms with Gasteiger partial charge in [0.25, 0.3) is 0 Å². The van der Waals surface area contributed by atoms with Crippen molar-refractivity contribution in [3.8, 4) is 0 Å². The van der Waals surface area contributed by atoms with Crippen molar-refractivity contribution in [2.45, 2.75) is 12.7 Å². The van der Waals surface area contributed by atoms with E-state index in [-0.39, 0.29) is 18.6 Å². The Labute approximate surface area is 131 Å². The summed E-state index contributed by atoms with van der Waals surface area (Å²) in [5.74, 6) is -0.160. The monoisotopic (exact) mass is 323 g/mol. The van der Waals surface area contributed by atoms with E-state index < -0.39 is 0 Å². The van der Waals surface area contributed by atoms with Gasteiger partial charge >= 0.3 is 0 Å². The molecule has 0 saturated heterocycles. The summed E-state index contributed by atoms with van der Waals surface area (Å²) >= 11 is 3.10. The van der Waals surface area contributed by atoms with Gasteiger partial charge in [0, 0.05) is 29.5 Å². The van der Waals surface area contributed by atoms with Crippen LogP contribution in [0.4, 0.5) is 0 Å². The normalized spacial score (nSPS) is 12.7. The van der Waals surface area contributed by atoms with Gasteiger partial charge in [-0.2, -0.15) is 0 Å². The summed E-state index contributed by atoms with van der Waals surface area (Å²) in [7, 11) is 1.63. The molecule has 0 spiro atoms. The SMILES string of the molecule is COC(CNC(=O)C=Cc1cc(CO)cs1)c1cccs1. The summed E-state index contributed by atoms with van der Waals surface area (Å²) in [6, 6.07) is 5.81. The largest absolute Gasteiger partial charge is 0.392 e. The molecule has 112 valence electrons. The Morgan fingerprint density at radius 3 is 3.00 bits per heavy atom. The third kappa shape index (κ3) is 4.78. The minimum atomic E-state index is -0.160. The van der Waals surface area contributed by atoms with Gasteiger partial charge in [-0.1, -0.05) is 6.07 Å². The Morgan fingerprint density at radius 2 is 2.38 bits per heavy atom. The number of carbonyl (C=O) groups is 1. The van der Waals surface area contributed by atoms with Crippen molar-refractivity contribution in [3.05, 3.63) is 50.4 Å². The average molecular weight is 323 g/mol. The van der Waals surface area contributed by atoms with Crippen LogP contribution in [-0.4, -0.2) is 24.7 Å². The molecule has 0 bridgehead atoms. The molecule has 0 aliphatic heterocycles. The van der Waals surface area contributed by atoms with Crippen LogP contribution in [0.25, 0.3) is 6.08 Å². The highest BCUT2D eigenvalue weighted by Gasteiger charge is 2.11. The number of hydrogen-bond acceptors (Lipinski definition) is 5. The lowest BCUT2D eigenvalue weighted by atomic mass is 10.3. The molecule has 2 N–H and O–H groups in total. The highest BCUT2D eigenvalue weighted by Crippen LogP contribution is 2.21. The molecule has 1 amide bonds. The van der Waals surface area contributed by atoms with Crippen molar-refractivity contribution in [1.82, 2.24) is 5.32 Å². The molecule has 2 rings (SSSR count). The van der Waals surface area contributed by atoms with Crippen LogP contribution in [0.15, 0.2) is 35.0 Å². The van der Waals surface area contributed by atoms with Gasteiger partial charge in [0.1, 0.15) is 6.10 Å². The Balaban J connectivity index is 1.84. The Hall–Kier alpha value is -1.47. The molecule has 1 atom stereocenters. The summed E-state index contributed by atoms with van der Waals surface area (Å²) in [5.41, 5.74) is 0.859. The number of aliphatic hydroxyl groups is 1. The molecule has 0 radical (unpaired) electrons. The van der Waals surface area contributed by atoms with Crippen LogP contribution in [-0.2, 0) is 16.1 Å². The van der Waals surface area contributed by atoms with Gasteiger partial charge in [-0.25, -0.2) is 0 Å². The van der Waals surface area contributed by atoms with E-state index >= 15 is 0 Å². The lowest BCUT2D eigenvalue weighted by Gasteiger charge is -2.13. The van der Waals surface area contributed by atoms with Crippen LogP contribution in [0, 0.1) is 0 Å². The van der Waals surface area contributed by atoms with Crippen molar-refractivity contribution < 1.29 is 14.6 Å². The van der Waals surface area contributed by atoms with Crippen LogP contribution < -0.4 is 5.32 Å². The molecule has 2 aromatic heterocycles. The van der Waals surface area contributed by atoms with E-state index in [0.29, 0.717) is 6.54 Å². The predicted octanol–water partition coefficient (Wildman–Crippen LogP) is 2.82. The quantitative estimate of drug-likeness (QED) is 0.770. The number of ether oxygens (including phenoxy) is 1. The molecule has 21 heavy (non-hydrogen) atoms. The van der Waals surface area contributed by atoms with Crippen LogP contribution >= 0.6 is 22.7 Å². The van der Waals surface area contributed by atoms with Gasteiger partial charge < -0.3 is 15.2 Å². The van der Waals surface area contributed by atoms with E-state index in [1.165, 1.54) is 17.4 Å². The number of hydrogen-bond donors (Lipinski definition) is 2. The summed E-state index contributed by atoms with van der Waals surface area (Å²) in [4.78, 5) is 13.8. The molecule has 0 aromatic carbocycles. The van der Waals surface area contributed by atoms with Gasteiger partial charge in [0.15, 0.2) is 0 Å². The topological polar surface area (TPSA) is 58.6 Å². The first-order valence-corrected chi connectivity index (χ1v) is 8.19. The molecule has 0 aliphatic carbocycles. The second-order valence-electron chi connectivity index (χ2n) is 4.33. The van der Waals surface area contributed by atoms with E-state index in [0.717, 1.165) is 15.3 Å². The molecule has 4 nitrogen and oxygen atoms in total. The lowest BCUT2D eigenvalue weighted by molar-refractivity contribution is -0.117. The number of rotatable bonds is 7. The van der Waals surface area contributed by atoms with E-state index in [4.69, 9.17) is 9.84 Å². The smallest absolute Gasteiger partial charge is 0.244 e. The first kappa shape index (κ1) is 15.9. The Morgan fingerprint density at radius 1 is 1.52 bits per heavy atom. The minimum absolute atomic E-state index is 0.0207. The fraction of sp³-hybridized carbons (Fsp3) is 0.267. The number of nitrogens with one attached hydrogen (secondary N) is 1. The van der Waals surface area contributed by atoms with Crippen molar-refractivity contribution in [2.24, 2.45) is 0 Å². The summed E-state index contributed by atoms with van der Waals surface area (Å²) in [5, 5.41) is 15.7. The van der Waals surface area contributed by atoms with Gasteiger partial charge in [-0.05, 0) is 34.5 Å². The number of aliphatic hydroxyl groups excluding tert-OH is 1. The van der Waals surface area contributed by atoms with Crippen molar-refractivity contribution in [2.75, 3.05) is 13.7 Å². The molecule has 0 fully saturated rings. The van der Waals surface area contributed by atoms with Crippen molar-refractivity contribution in [1.29, 1.82) is 0 Å². The highest BCUT2D eigenvalue weighted by molar-refractivity contribution is 7.11. The van der Waals surface area contributed by atoms with Crippen LogP contribution in [0.1, 0.15) is 21.4 Å². The van der Waals surface area contributed by atoms with Crippen LogP contribution in [0.3, 0.4) is 0 Å². The first-order chi connectivity index (χ1) is 10.2. The molecular weight excluding hydrogens is 306 g/mol. The standard InChI is InChI=1S/C15H17NO3S2/c1-19-13(14-3-2-6-20-14)8-16-15(18)5-4-12-7-11(9-17)10-21-12/h2-7,10,13,17H,8-9H2,1H3,(H,16,18). The second kappa shape index (κ2) is 8.09. The fourth-order valence-corrected chi connectivity index (χ4v) is 3.35. The zero-order chi connectivity index (χ0) is 15.1. The van der Waals surface area contributed by atoms with E-state index in [2.05, 4.69) is 5.32 Å². The first-order valence-electron chi connectivity index (χ1n) is 6.43. The van der Waals surface area contributed by atoms with Gasteiger partial charge in [0.05, 0.1) is 6.61 Å². The second-order valence-corrected chi connectivity index (χ2v) is 6.26. The third-order valence-electron chi connectivity index (χ3n) is 2.86. The van der Waals surface area contributed by atoms with Crippen LogP contribution in [0.2, 0.25) is 0 Å². The maximum atomic E-state index is 11.8. The van der Waals surface area contributed by atoms with Crippen molar-refractivity contribution >= 4 is 34.7 Å². The molecule has 2 heterocycles. The molecular formula is C15H17NO3S2. The van der Waals surface area contributed by atoms with Gasteiger partial charge in [-0.3, -0.25) is 4.79 Å². The average Bonchev–Trinajstić information content (AvgIpc) is 3.17. The zero-order valence-corrected chi connectivity index (χ0v) is 13.2. The predicted molar refractivity (Wildman–Crippen MR) is 86.4 cm³/mol. The highest BCUT2D eigenvalue weighted by atomic mass is 32.1. The molecule has 2 aromatic rings. The lowest BCUT2D eigenvalue weighted by Crippen LogP contribution is -2.27. The number of methoxy groups -OCH3 is 1. The van der Waals surface area contributed by atoms with E-state index in [1.54, 1.807) is 24.5 Å². The molecule has 1 unspecified atom stereocenters. The molecule has 6 heteroatoms. The Bertz CT molecular complexity index is 590. The van der Waals surface area contributed by atoms with Gasteiger partial charge in [0.2, 0.25) is 5.91 Å². The third-order valence-corrected chi connectivity index (χ3v) is 4.77. The number of carbonyl (C=O) groups excluding carboxylic acids is 1. The molecule has 0 aliphatic rings. The maximum absolute atomic E-state index is 11.8. The minimum Gasteiger partial charge on any atom is -0.392 e. The van der Waals surface area contributed by atoms with Crippen LogP contribution in [0.5, 0.6) is 0 Å². The van der Waals surface area contributed by atoms with Gasteiger partial charge in [-0.15, -0.1) is 22.7 Å². The Kier molecular flexibility index (Phi) is 6.13. The maximum Gasteiger partial charge on any atom is 0.244 e. The molecule has 0 saturated carbocycles. The summed E-state index contributed by atoms with van der Waals surface area (Å²) < 4.78 is 5.37. The summed E-state index contributed by atoms with van der Waals surface area (Å²) in [6.07, 6.45) is 3.12. The zero-order valence-electron chi connectivity index (χ0n) is 11.6. The number of thiophene rings is 2.